The third-order valence-corrected chi connectivity index (χ3v) is 9.61. The molecule has 9 rings (SSSR count). The van der Waals surface area contributed by atoms with E-state index in [4.69, 9.17) is 0 Å². The zero-order valence-electron chi connectivity index (χ0n) is 27.5. The molecular formula is C48H34N2. The predicted molar refractivity (Wildman–Crippen MR) is 212 cm³/mol. The molecule has 0 N–H and O–H groups in total. The number of para-hydroxylation sites is 2. The minimum absolute atomic E-state index is 1.11. The third-order valence-electron chi connectivity index (χ3n) is 9.61. The highest BCUT2D eigenvalue weighted by Crippen LogP contribution is 2.39. The molecule has 0 fully saturated rings. The lowest BCUT2D eigenvalue weighted by Crippen LogP contribution is -2.10. The second kappa shape index (κ2) is 12.8. The van der Waals surface area contributed by atoms with Crippen molar-refractivity contribution in [3.05, 3.63) is 206 Å². The summed E-state index contributed by atoms with van der Waals surface area (Å²) in [5, 5.41) is 2.54. The van der Waals surface area contributed by atoms with Crippen LogP contribution >= 0.6 is 0 Å². The minimum Gasteiger partial charge on any atom is -0.310 e. The van der Waals surface area contributed by atoms with E-state index in [-0.39, 0.29) is 0 Å². The van der Waals surface area contributed by atoms with Gasteiger partial charge in [-0.25, -0.2) is 0 Å². The lowest BCUT2D eigenvalue weighted by molar-refractivity contribution is 1.18. The molecule has 0 unspecified atom stereocenters. The fourth-order valence-corrected chi connectivity index (χ4v) is 7.14. The summed E-state index contributed by atoms with van der Waals surface area (Å²) in [5.41, 5.74) is 14.1. The number of aromatic nitrogens is 1. The first kappa shape index (κ1) is 29.5. The Kier molecular flexibility index (Phi) is 7.53. The van der Waals surface area contributed by atoms with Gasteiger partial charge in [-0.05, 0) is 94.0 Å². The second-order valence-corrected chi connectivity index (χ2v) is 12.6. The summed E-state index contributed by atoms with van der Waals surface area (Å²) in [6, 6.07) is 74.0. The predicted octanol–water partition coefficient (Wildman–Crippen LogP) is 13.3. The number of fused-ring (bicyclic) bond motifs is 3. The number of hydrogen-bond acceptors (Lipinski definition) is 1. The maximum Gasteiger partial charge on any atom is 0.0541 e. The number of anilines is 3. The molecule has 2 nitrogen and oxygen atoms in total. The van der Waals surface area contributed by atoms with Crippen molar-refractivity contribution in [2.24, 2.45) is 0 Å². The van der Waals surface area contributed by atoms with Gasteiger partial charge in [-0.1, -0.05) is 146 Å². The molecule has 236 valence electrons. The summed E-state index contributed by atoms with van der Waals surface area (Å²) in [5.74, 6) is 0. The fourth-order valence-electron chi connectivity index (χ4n) is 7.14. The number of nitrogens with zero attached hydrogens (tertiary/aromatic N) is 2. The van der Waals surface area contributed by atoms with Gasteiger partial charge < -0.3 is 9.47 Å². The van der Waals surface area contributed by atoms with Crippen LogP contribution in [-0.4, -0.2) is 4.57 Å². The summed E-state index contributed by atoms with van der Waals surface area (Å²) in [6.45, 7) is 0. The molecule has 0 atom stereocenters. The molecule has 0 aliphatic heterocycles. The molecule has 9 aromatic rings. The zero-order chi connectivity index (χ0) is 33.3. The quantitative estimate of drug-likeness (QED) is 0.169. The first-order valence-corrected chi connectivity index (χ1v) is 17.1. The van der Waals surface area contributed by atoms with Crippen LogP contribution in [0.5, 0.6) is 0 Å². The van der Waals surface area contributed by atoms with Crippen LogP contribution in [0.25, 0.3) is 60.9 Å². The van der Waals surface area contributed by atoms with Crippen LogP contribution < -0.4 is 4.90 Å². The van der Waals surface area contributed by atoms with Gasteiger partial charge in [0.25, 0.3) is 0 Å². The molecule has 0 spiro atoms. The van der Waals surface area contributed by atoms with Crippen molar-refractivity contribution in [3.63, 3.8) is 0 Å². The van der Waals surface area contributed by atoms with Crippen molar-refractivity contribution in [3.8, 4) is 39.1 Å². The fraction of sp³-hybridized carbons (Fsp3) is 0. The molecule has 1 heterocycles. The summed E-state index contributed by atoms with van der Waals surface area (Å²) in [4.78, 5) is 2.35. The molecule has 0 aliphatic carbocycles. The lowest BCUT2D eigenvalue weighted by atomic mass is 10.0. The Balaban J connectivity index is 1.10. The van der Waals surface area contributed by atoms with Crippen LogP contribution in [0.1, 0.15) is 0 Å². The monoisotopic (exact) mass is 638 g/mol. The number of rotatable bonds is 7. The molecule has 8 aromatic carbocycles. The Labute approximate surface area is 292 Å². The van der Waals surface area contributed by atoms with Gasteiger partial charge >= 0.3 is 0 Å². The molecule has 0 radical (unpaired) electrons. The van der Waals surface area contributed by atoms with E-state index in [0.717, 1.165) is 22.7 Å². The van der Waals surface area contributed by atoms with Crippen molar-refractivity contribution in [1.82, 2.24) is 4.57 Å². The topological polar surface area (TPSA) is 8.17 Å². The van der Waals surface area contributed by atoms with Crippen LogP contribution in [0.3, 0.4) is 0 Å². The maximum atomic E-state index is 2.37. The van der Waals surface area contributed by atoms with E-state index >= 15 is 0 Å². The zero-order valence-corrected chi connectivity index (χ0v) is 27.5. The van der Waals surface area contributed by atoms with Gasteiger partial charge in [-0.3, -0.25) is 0 Å². The van der Waals surface area contributed by atoms with Gasteiger partial charge in [-0.15, -0.1) is 0 Å². The van der Waals surface area contributed by atoms with Crippen LogP contribution in [0.4, 0.5) is 17.1 Å². The van der Waals surface area contributed by atoms with Gasteiger partial charge in [0, 0.05) is 33.5 Å². The molecule has 0 amide bonds. The van der Waals surface area contributed by atoms with Gasteiger partial charge in [0.1, 0.15) is 0 Å². The van der Waals surface area contributed by atoms with Crippen LogP contribution in [0.2, 0.25) is 0 Å². The molecule has 0 saturated carbocycles. The summed E-state index contributed by atoms with van der Waals surface area (Å²) >= 11 is 0. The van der Waals surface area contributed by atoms with E-state index < -0.39 is 0 Å². The minimum atomic E-state index is 1.11. The lowest BCUT2D eigenvalue weighted by Gasteiger charge is -2.26. The average molecular weight is 639 g/mol. The molecule has 1 aromatic heterocycles. The summed E-state index contributed by atoms with van der Waals surface area (Å²) in [7, 11) is 0. The standard InChI is InChI=1S/C48H34N2/c1-3-12-35(13-4-1)37-22-28-41(29-23-37)49(42-30-24-38(25-31-42)36-14-5-2-6-15-36)44-17-11-16-40(34-44)39-26-32-43(33-27-39)50-47-20-9-7-18-45(47)46-19-8-10-21-48(46)50/h1-34H. The first-order valence-electron chi connectivity index (χ1n) is 17.1. The van der Waals surface area contributed by atoms with E-state index in [1.165, 1.54) is 55.2 Å². The van der Waals surface area contributed by atoms with E-state index in [2.05, 4.69) is 216 Å². The Morgan fingerprint density at radius 3 is 1.20 bits per heavy atom. The van der Waals surface area contributed by atoms with Gasteiger partial charge in [-0.2, -0.15) is 0 Å². The van der Waals surface area contributed by atoms with E-state index in [9.17, 15) is 0 Å². The number of benzene rings is 8. The van der Waals surface area contributed by atoms with Crippen molar-refractivity contribution >= 4 is 38.9 Å². The molecule has 50 heavy (non-hydrogen) atoms. The van der Waals surface area contributed by atoms with Gasteiger partial charge in [0.2, 0.25) is 0 Å². The van der Waals surface area contributed by atoms with E-state index in [1.807, 2.05) is 0 Å². The second-order valence-electron chi connectivity index (χ2n) is 12.6. The summed E-state index contributed by atoms with van der Waals surface area (Å²) in [6.07, 6.45) is 0. The SMILES string of the molecule is c1ccc(-c2ccc(N(c3ccc(-c4ccccc4)cc3)c3cccc(-c4ccc(-n5c6ccccc6c6ccccc65)cc4)c3)cc2)cc1. The molecule has 2 heteroatoms. The highest BCUT2D eigenvalue weighted by Gasteiger charge is 2.15. The van der Waals surface area contributed by atoms with Gasteiger partial charge in [0.05, 0.1) is 11.0 Å². The smallest absolute Gasteiger partial charge is 0.0541 e. The molecule has 0 saturated heterocycles. The van der Waals surface area contributed by atoms with E-state index in [1.54, 1.807) is 0 Å². The Hall–Kier alpha value is -6.64. The van der Waals surface area contributed by atoms with Crippen LogP contribution in [0, 0.1) is 0 Å². The highest BCUT2D eigenvalue weighted by atomic mass is 15.1. The van der Waals surface area contributed by atoms with Crippen molar-refractivity contribution in [2.75, 3.05) is 4.90 Å². The van der Waals surface area contributed by atoms with Gasteiger partial charge in [0.15, 0.2) is 0 Å². The van der Waals surface area contributed by atoms with Crippen LogP contribution in [0.15, 0.2) is 206 Å². The highest BCUT2D eigenvalue weighted by molar-refractivity contribution is 6.09. The van der Waals surface area contributed by atoms with E-state index in [0.29, 0.717) is 0 Å². The number of hydrogen-bond donors (Lipinski definition) is 0. The van der Waals surface area contributed by atoms with Crippen LogP contribution in [-0.2, 0) is 0 Å². The first-order chi connectivity index (χ1) is 24.8. The molecular weight excluding hydrogens is 605 g/mol. The normalized spacial score (nSPS) is 11.2. The van der Waals surface area contributed by atoms with Crippen molar-refractivity contribution in [2.45, 2.75) is 0 Å². The maximum absolute atomic E-state index is 2.37. The molecule has 0 bridgehead atoms. The Morgan fingerprint density at radius 2 is 0.680 bits per heavy atom. The summed E-state index contributed by atoms with van der Waals surface area (Å²) < 4.78 is 2.37. The Bertz CT molecular complexity index is 2410. The van der Waals surface area contributed by atoms with Crippen molar-refractivity contribution < 1.29 is 0 Å². The Morgan fingerprint density at radius 1 is 0.280 bits per heavy atom. The third kappa shape index (κ3) is 5.43. The largest absolute Gasteiger partial charge is 0.310 e. The molecule has 0 aliphatic rings. The van der Waals surface area contributed by atoms with Crippen molar-refractivity contribution in [1.29, 1.82) is 0 Å². The average Bonchev–Trinajstić information content (AvgIpc) is 3.54.